The lowest BCUT2D eigenvalue weighted by molar-refractivity contribution is 0.0671. The number of hydrogen-bond acceptors (Lipinski definition) is 2. The Hall–Kier alpha value is -2.09. The van der Waals surface area contributed by atoms with Gasteiger partial charge in [-0.1, -0.05) is 23.8 Å². The molecule has 2 bridgehead atoms. The van der Waals surface area contributed by atoms with Crippen molar-refractivity contribution in [2.75, 3.05) is 5.73 Å². The number of aryl methyl sites for hydroxylation is 1. The first-order valence-electron chi connectivity index (χ1n) is 8.21. The molecule has 2 N–H and O–H groups in total. The molecule has 3 aliphatic rings. The quantitative estimate of drug-likeness (QED) is 0.581. The Morgan fingerprint density at radius 1 is 1.14 bits per heavy atom. The third-order valence-electron chi connectivity index (χ3n) is 6.15. The highest BCUT2D eigenvalue weighted by molar-refractivity contribution is 6.06. The molecule has 2 atom stereocenters. The standard InChI is InChI=1S/C20H19NO/c21-17-4-2-13-8-14-5-6-20(11-12-1-3-16(20)7-12)19(22)18(14)10-15(13)9-17/h1-2,4,8-10,16H,3,5-7,11,21H2. The average molecular weight is 289 g/mol. The molecule has 1 fully saturated rings. The van der Waals surface area contributed by atoms with E-state index >= 15 is 0 Å². The Bertz CT molecular complexity index is 863. The zero-order valence-electron chi connectivity index (χ0n) is 12.6. The molecule has 22 heavy (non-hydrogen) atoms. The van der Waals surface area contributed by atoms with Crippen LogP contribution >= 0.6 is 0 Å². The van der Waals surface area contributed by atoms with Crippen molar-refractivity contribution in [1.82, 2.24) is 0 Å². The largest absolute Gasteiger partial charge is 0.399 e. The summed E-state index contributed by atoms with van der Waals surface area (Å²) in [5.41, 5.74) is 10.3. The van der Waals surface area contributed by atoms with Crippen LogP contribution in [-0.2, 0) is 6.42 Å². The van der Waals surface area contributed by atoms with Gasteiger partial charge in [-0.25, -0.2) is 0 Å². The summed E-state index contributed by atoms with van der Waals surface area (Å²) < 4.78 is 0. The van der Waals surface area contributed by atoms with Crippen LogP contribution in [0.2, 0.25) is 0 Å². The Labute approximate surface area is 130 Å². The molecule has 2 aromatic carbocycles. The van der Waals surface area contributed by atoms with E-state index in [1.165, 1.54) is 16.5 Å². The molecule has 2 heteroatoms. The van der Waals surface area contributed by atoms with Gasteiger partial charge in [0.25, 0.3) is 0 Å². The van der Waals surface area contributed by atoms with E-state index in [1.807, 2.05) is 12.1 Å². The minimum absolute atomic E-state index is 0.0922. The fourth-order valence-electron chi connectivity index (χ4n) is 4.99. The second-order valence-electron chi connectivity index (χ2n) is 7.28. The SMILES string of the molecule is Nc1ccc2cc3c(cc2c1)C(=O)C1(CC3)CC2=CCC1C2. The minimum atomic E-state index is -0.0922. The van der Waals surface area contributed by atoms with Crippen LogP contribution in [0.5, 0.6) is 0 Å². The number of Topliss-reactive ketones (excluding diaryl/α,β-unsaturated/α-hetero) is 1. The first-order valence-corrected chi connectivity index (χ1v) is 8.21. The van der Waals surface area contributed by atoms with Gasteiger partial charge < -0.3 is 5.73 Å². The molecule has 3 aliphatic carbocycles. The molecule has 0 radical (unpaired) electrons. The highest BCUT2D eigenvalue weighted by Crippen LogP contribution is 2.58. The third kappa shape index (κ3) is 1.48. The van der Waals surface area contributed by atoms with Crippen LogP contribution in [0.1, 0.15) is 41.6 Å². The van der Waals surface area contributed by atoms with E-state index in [0.717, 1.165) is 48.7 Å². The molecule has 2 nitrogen and oxygen atoms in total. The van der Waals surface area contributed by atoms with Crippen LogP contribution in [-0.4, -0.2) is 5.78 Å². The second-order valence-corrected chi connectivity index (χ2v) is 7.28. The summed E-state index contributed by atoms with van der Waals surface area (Å²) in [6.07, 6.45) is 7.69. The van der Waals surface area contributed by atoms with Crippen molar-refractivity contribution in [1.29, 1.82) is 0 Å². The van der Waals surface area contributed by atoms with Crippen LogP contribution in [0.3, 0.4) is 0 Å². The maximum absolute atomic E-state index is 13.3. The van der Waals surface area contributed by atoms with E-state index in [-0.39, 0.29) is 5.41 Å². The maximum Gasteiger partial charge on any atom is 0.169 e. The normalized spacial score (nSPS) is 29.2. The van der Waals surface area contributed by atoms with Crippen molar-refractivity contribution < 1.29 is 4.79 Å². The van der Waals surface area contributed by atoms with E-state index in [2.05, 4.69) is 24.3 Å². The number of rotatable bonds is 0. The lowest BCUT2D eigenvalue weighted by Gasteiger charge is -2.38. The number of nitrogens with two attached hydrogens (primary N) is 1. The van der Waals surface area contributed by atoms with Crippen LogP contribution in [0.4, 0.5) is 5.69 Å². The predicted molar refractivity (Wildman–Crippen MR) is 88.9 cm³/mol. The van der Waals surface area contributed by atoms with Gasteiger partial charge in [-0.05, 0) is 72.6 Å². The molecular formula is C20H19NO. The fraction of sp³-hybridized carbons (Fsp3) is 0.350. The molecule has 2 unspecified atom stereocenters. The average Bonchev–Trinajstić information content (AvgIpc) is 3.11. The highest BCUT2D eigenvalue weighted by Gasteiger charge is 2.53. The number of anilines is 1. The van der Waals surface area contributed by atoms with Gasteiger partial charge in [0.1, 0.15) is 0 Å². The zero-order chi connectivity index (χ0) is 14.9. The van der Waals surface area contributed by atoms with Crippen molar-refractivity contribution >= 4 is 22.2 Å². The van der Waals surface area contributed by atoms with Gasteiger partial charge in [0.05, 0.1) is 0 Å². The molecule has 0 aromatic heterocycles. The lowest BCUT2D eigenvalue weighted by Crippen LogP contribution is -2.39. The molecule has 1 spiro atoms. The Morgan fingerprint density at radius 2 is 2.05 bits per heavy atom. The van der Waals surface area contributed by atoms with Crippen molar-refractivity contribution in [3.8, 4) is 0 Å². The van der Waals surface area contributed by atoms with E-state index in [9.17, 15) is 4.79 Å². The van der Waals surface area contributed by atoms with Crippen LogP contribution in [0, 0.1) is 11.3 Å². The van der Waals surface area contributed by atoms with Crippen molar-refractivity contribution in [3.05, 3.63) is 53.1 Å². The summed E-state index contributed by atoms with van der Waals surface area (Å²) >= 11 is 0. The van der Waals surface area contributed by atoms with Crippen molar-refractivity contribution in [2.45, 2.75) is 32.1 Å². The van der Waals surface area contributed by atoms with Gasteiger partial charge in [0.2, 0.25) is 0 Å². The topological polar surface area (TPSA) is 43.1 Å². The summed E-state index contributed by atoms with van der Waals surface area (Å²) in [5, 5.41) is 2.28. The Balaban J connectivity index is 1.68. The number of carbonyl (C=O) groups excluding carboxylic acids is 1. The smallest absolute Gasteiger partial charge is 0.169 e. The Morgan fingerprint density at radius 3 is 2.82 bits per heavy atom. The van der Waals surface area contributed by atoms with Crippen molar-refractivity contribution in [2.24, 2.45) is 11.3 Å². The lowest BCUT2D eigenvalue weighted by atomic mass is 9.63. The van der Waals surface area contributed by atoms with Crippen LogP contribution < -0.4 is 5.73 Å². The summed E-state index contributed by atoms with van der Waals surface area (Å²) in [7, 11) is 0. The van der Waals surface area contributed by atoms with Gasteiger partial charge in [0.15, 0.2) is 5.78 Å². The Kier molecular flexibility index (Phi) is 2.27. The summed E-state index contributed by atoms with van der Waals surface area (Å²) in [5.74, 6) is 0.950. The van der Waals surface area contributed by atoms with Gasteiger partial charge in [-0.15, -0.1) is 0 Å². The van der Waals surface area contributed by atoms with E-state index in [1.54, 1.807) is 0 Å². The van der Waals surface area contributed by atoms with E-state index < -0.39 is 0 Å². The first-order chi connectivity index (χ1) is 10.7. The van der Waals surface area contributed by atoms with E-state index in [4.69, 9.17) is 5.73 Å². The zero-order valence-corrected chi connectivity index (χ0v) is 12.6. The number of fused-ring (bicyclic) bond motifs is 5. The second kappa shape index (κ2) is 4.01. The molecule has 0 saturated heterocycles. The number of carbonyl (C=O) groups is 1. The van der Waals surface area contributed by atoms with Crippen LogP contribution in [0.15, 0.2) is 42.0 Å². The predicted octanol–water partition coefficient (Wildman–Crippen LogP) is 4.28. The number of benzene rings is 2. The first kappa shape index (κ1) is 12.5. The van der Waals surface area contributed by atoms with Crippen molar-refractivity contribution in [3.63, 3.8) is 0 Å². The van der Waals surface area contributed by atoms with Gasteiger partial charge in [0, 0.05) is 16.7 Å². The molecule has 5 rings (SSSR count). The molecule has 0 aliphatic heterocycles. The maximum atomic E-state index is 13.3. The minimum Gasteiger partial charge on any atom is -0.399 e. The molecule has 2 aromatic rings. The number of hydrogen-bond donors (Lipinski definition) is 1. The molecule has 0 amide bonds. The van der Waals surface area contributed by atoms with Gasteiger partial charge in [-0.3, -0.25) is 4.79 Å². The molecule has 110 valence electrons. The summed E-state index contributed by atoms with van der Waals surface area (Å²) in [6, 6.07) is 10.3. The summed E-state index contributed by atoms with van der Waals surface area (Å²) in [6.45, 7) is 0. The molecule has 0 heterocycles. The van der Waals surface area contributed by atoms with Gasteiger partial charge >= 0.3 is 0 Å². The third-order valence-corrected chi connectivity index (χ3v) is 6.15. The monoisotopic (exact) mass is 289 g/mol. The summed E-state index contributed by atoms with van der Waals surface area (Å²) in [4.78, 5) is 13.3. The number of allylic oxidation sites excluding steroid dienone is 2. The fourth-order valence-corrected chi connectivity index (χ4v) is 4.99. The molecule has 1 saturated carbocycles. The number of nitrogen functional groups attached to an aromatic ring is 1. The van der Waals surface area contributed by atoms with Crippen LogP contribution in [0.25, 0.3) is 10.8 Å². The van der Waals surface area contributed by atoms with Gasteiger partial charge in [-0.2, -0.15) is 0 Å². The highest BCUT2D eigenvalue weighted by atomic mass is 16.1. The van der Waals surface area contributed by atoms with E-state index in [0.29, 0.717) is 11.7 Å². The molecular weight excluding hydrogens is 270 g/mol. The number of ketones is 1.